The second-order valence-corrected chi connectivity index (χ2v) is 3.87. The number of hydrogen-bond acceptors (Lipinski definition) is 3. The van der Waals surface area contributed by atoms with Crippen LogP contribution < -0.4 is 5.90 Å². The second kappa shape index (κ2) is 6.95. The lowest BCUT2D eigenvalue weighted by Crippen LogP contribution is -2.01. The third kappa shape index (κ3) is 4.93. The van der Waals surface area contributed by atoms with Crippen LogP contribution in [-0.4, -0.2) is 12.4 Å². The van der Waals surface area contributed by atoms with Gasteiger partial charge >= 0.3 is 0 Å². The topological polar surface area (TPSA) is 35.2 Å². The van der Waals surface area contributed by atoms with Crippen molar-refractivity contribution in [1.29, 1.82) is 0 Å². The van der Waals surface area contributed by atoms with Crippen LogP contribution in [0.3, 0.4) is 0 Å². The Morgan fingerprint density at radius 3 is 2.69 bits per heavy atom. The Kier molecular flexibility index (Phi) is 5.65. The Bertz CT molecular complexity index is 215. The van der Waals surface area contributed by atoms with Crippen molar-refractivity contribution in [2.45, 2.75) is 12.2 Å². The molecule has 0 saturated carbocycles. The molecular weight excluding hydrogens is 182 g/mol. The fourth-order valence-corrected chi connectivity index (χ4v) is 1.90. The van der Waals surface area contributed by atoms with Gasteiger partial charge in [-0.05, 0) is 17.7 Å². The average molecular weight is 197 g/mol. The van der Waals surface area contributed by atoms with Gasteiger partial charge in [0.15, 0.2) is 0 Å². The van der Waals surface area contributed by atoms with Gasteiger partial charge in [0.25, 0.3) is 0 Å². The van der Waals surface area contributed by atoms with Crippen molar-refractivity contribution in [3.8, 4) is 0 Å². The van der Waals surface area contributed by atoms with Crippen LogP contribution in [0.25, 0.3) is 0 Å². The lowest BCUT2D eigenvalue weighted by Gasteiger charge is -2.00. The SMILES string of the molecule is NOCCCSCc1ccccc1. The van der Waals surface area contributed by atoms with Crippen molar-refractivity contribution in [3.05, 3.63) is 35.9 Å². The highest BCUT2D eigenvalue weighted by Gasteiger charge is 1.92. The molecule has 0 aliphatic heterocycles. The van der Waals surface area contributed by atoms with E-state index in [-0.39, 0.29) is 0 Å². The Hall–Kier alpha value is -0.510. The van der Waals surface area contributed by atoms with E-state index in [2.05, 4.69) is 29.1 Å². The minimum Gasteiger partial charge on any atom is -0.305 e. The molecule has 2 N–H and O–H groups in total. The Morgan fingerprint density at radius 2 is 2.00 bits per heavy atom. The Labute approximate surface area is 83.4 Å². The highest BCUT2D eigenvalue weighted by Crippen LogP contribution is 2.12. The summed E-state index contributed by atoms with van der Waals surface area (Å²) in [6, 6.07) is 10.5. The summed E-state index contributed by atoms with van der Waals surface area (Å²) in [4.78, 5) is 4.48. The Balaban J connectivity index is 2.07. The van der Waals surface area contributed by atoms with Crippen LogP contribution in [0.4, 0.5) is 0 Å². The maximum atomic E-state index is 4.91. The van der Waals surface area contributed by atoms with Crippen molar-refractivity contribution >= 4 is 11.8 Å². The molecule has 2 nitrogen and oxygen atoms in total. The number of benzene rings is 1. The summed E-state index contributed by atoms with van der Waals surface area (Å²) in [7, 11) is 0. The van der Waals surface area contributed by atoms with Gasteiger partial charge in [0, 0.05) is 5.75 Å². The first-order valence-electron chi connectivity index (χ1n) is 4.37. The molecule has 0 bridgehead atoms. The lowest BCUT2D eigenvalue weighted by molar-refractivity contribution is 0.139. The molecule has 0 saturated heterocycles. The first kappa shape index (κ1) is 10.6. The summed E-state index contributed by atoms with van der Waals surface area (Å²) in [6.07, 6.45) is 1.02. The number of thioether (sulfide) groups is 1. The summed E-state index contributed by atoms with van der Waals surface area (Å²) in [5.74, 6) is 7.09. The molecule has 1 aromatic rings. The molecule has 1 aromatic carbocycles. The first-order chi connectivity index (χ1) is 6.43. The monoisotopic (exact) mass is 197 g/mol. The highest BCUT2D eigenvalue weighted by molar-refractivity contribution is 7.98. The van der Waals surface area contributed by atoms with Gasteiger partial charge in [-0.3, -0.25) is 0 Å². The minimum absolute atomic E-state index is 0.655. The normalized spacial score (nSPS) is 10.2. The first-order valence-corrected chi connectivity index (χ1v) is 5.52. The zero-order valence-electron chi connectivity index (χ0n) is 7.61. The van der Waals surface area contributed by atoms with E-state index in [1.165, 1.54) is 5.56 Å². The van der Waals surface area contributed by atoms with E-state index in [0.717, 1.165) is 17.9 Å². The smallest absolute Gasteiger partial charge is 0.0687 e. The summed E-state index contributed by atoms with van der Waals surface area (Å²) in [5, 5.41) is 0. The predicted octanol–water partition coefficient (Wildman–Crippen LogP) is 2.20. The van der Waals surface area contributed by atoms with Gasteiger partial charge < -0.3 is 4.84 Å². The van der Waals surface area contributed by atoms with Gasteiger partial charge in [0.05, 0.1) is 6.61 Å². The molecule has 0 atom stereocenters. The predicted molar refractivity (Wildman–Crippen MR) is 57.4 cm³/mol. The molecule has 0 aliphatic rings. The fraction of sp³-hybridized carbons (Fsp3) is 0.400. The quantitative estimate of drug-likeness (QED) is 0.561. The van der Waals surface area contributed by atoms with E-state index < -0.39 is 0 Å². The molecule has 0 heterocycles. The van der Waals surface area contributed by atoms with E-state index in [4.69, 9.17) is 5.90 Å². The van der Waals surface area contributed by atoms with E-state index in [0.29, 0.717) is 6.61 Å². The lowest BCUT2D eigenvalue weighted by atomic mass is 10.2. The zero-order valence-corrected chi connectivity index (χ0v) is 8.43. The summed E-state index contributed by atoms with van der Waals surface area (Å²) < 4.78 is 0. The van der Waals surface area contributed by atoms with E-state index in [1.807, 2.05) is 17.8 Å². The van der Waals surface area contributed by atoms with Crippen LogP contribution in [0.5, 0.6) is 0 Å². The van der Waals surface area contributed by atoms with E-state index in [1.54, 1.807) is 0 Å². The molecule has 0 spiro atoms. The van der Waals surface area contributed by atoms with Crippen molar-refractivity contribution in [2.75, 3.05) is 12.4 Å². The molecule has 1 rings (SSSR count). The number of hydrogen-bond donors (Lipinski definition) is 1. The van der Waals surface area contributed by atoms with Crippen molar-refractivity contribution in [1.82, 2.24) is 0 Å². The van der Waals surface area contributed by atoms with E-state index >= 15 is 0 Å². The summed E-state index contributed by atoms with van der Waals surface area (Å²) in [6.45, 7) is 0.655. The summed E-state index contributed by atoms with van der Waals surface area (Å²) in [5.41, 5.74) is 1.38. The van der Waals surface area contributed by atoms with Gasteiger partial charge in [-0.1, -0.05) is 30.3 Å². The van der Waals surface area contributed by atoms with Crippen molar-refractivity contribution in [2.24, 2.45) is 5.90 Å². The fourth-order valence-electron chi connectivity index (χ4n) is 1.01. The van der Waals surface area contributed by atoms with Crippen LogP contribution in [0.2, 0.25) is 0 Å². The second-order valence-electron chi connectivity index (χ2n) is 2.76. The van der Waals surface area contributed by atoms with Gasteiger partial charge in [0.1, 0.15) is 0 Å². The Morgan fingerprint density at radius 1 is 1.23 bits per heavy atom. The van der Waals surface area contributed by atoms with Gasteiger partial charge in [-0.25, -0.2) is 5.90 Å². The molecule has 0 unspecified atom stereocenters. The average Bonchev–Trinajstić information content (AvgIpc) is 2.19. The zero-order chi connectivity index (χ0) is 9.36. The molecule has 13 heavy (non-hydrogen) atoms. The number of rotatable bonds is 6. The molecular formula is C10H15NOS. The third-order valence-corrected chi connectivity index (χ3v) is 2.78. The number of nitrogens with two attached hydrogens (primary N) is 1. The van der Waals surface area contributed by atoms with Crippen LogP contribution in [0.1, 0.15) is 12.0 Å². The van der Waals surface area contributed by atoms with Crippen LogP contribution in [-0.2, 0) is 10.6 Å². The molecule has 0 radical (unpaired) electrons. The van der Waals surface area contributed by atoms with Gasteiger partial charge in [-0.15, -0.1) is 0 Å². The van der Waals surface area contributed by atoms with Gasteiger partial charge in [-0.2, -0.15) is 11.8 Å². The minimum atomic E-state index is 0.655. The maximum absolute atomic E-state index is 4.91. The van der Waals surface area contributed by atoms with Crippen molar-refractivity contribution < 1.29 is 4.84 Å². The molecule has 3 heteroatoms. The molecule has 0 amide bonds. The maximum Gasteiger partial charge on any atom is 0.0687 e. The molecule has 72 valence electrons. The summed E-state index contributed by atoms with van der Waals surface area (Å²) >= 11 is 1.91. The van der Waals surface area contributed by atoms with Gasteiger partial charge in [0.2, 0.25) is 0 Å². The van der Waals surface area contributed by atoms with Crippen LogP contribution >= 0.6 is 11.8 Å². The molecule has 0 aromatic heterocycles. The standard InChI is InChI=1S/C10H15NOS/c11-12-7-4-8-13-9-10-5-2-1-3-6-10/h1-3,5-6H,4,7-9,11H2. The van der Waals surface area contributed by atoms with Crippen molar-refractivity contribution in [3.63, 3.8) is 0 Å². The molecule has 0 aliphatic carbocycles. The largest absolute Gasteiger partial charge is 0.305 e. The van der Waals surface area contributed by atoms with Crippen LogP contribution in [0.15, 0.2) is 30.3 Å². The highest BCUT2D eigenvalue weighted by atomic mass is 32.2. The van der Waals surface area contributed by atoms with Crippen LogP contribution in [0, 0.1) is 0 Å². The molecule has 0 fully saturated rings. The third-order valence-electron chi connectivity index (χ3n) is 1.66. The van der Waals surface area contributed by atoms with E-state index in [9.17, 15) is 0 Å².